The predicted octanol–water partition coefficient (Wildman–Crippen LogP) is -0.579. The van der Waals surface area contributed by atoms with Gasteiger partial charge in [-0.25, -0.2) is 0 Å². The summed E-state index contributed by atoms with van der Waals surface area (Å²) in [6.45, 7) is 3.09. The third-order valence-electron chi connectivity index (χ3n) is 2.71. The molecule has 18 heavy (non-hydrogen) atoms. The first-order valence-electron chi connectivity index (χ1n) is 6.04. The third kappa shape index (κ3) is 3.22. The number of guanidine groups is 1. The van der Waals surface area contributed by atoms with Crippen LogP contribution >= 0.6 is 0 Å². The molecule has 1 aromatic heterocycles. The van der Waals surface area contributed by atoms with Gasteiger partial charge in [0.15, 0.2) is 5.96 Å². The first-order chi connectivity index (χ1) is 8.77. The fraction of sp³-hybridized carbons (Fsp3) is 0.545. The quantitative estimate of drug-likeness (QED) is 0.624. The maximum Gasteiger partial charge on any atom is 0.269 e. The molecule has 1 amide bonds. The van der Waals surface area contributed by atoms with Crippen LogP contribution < -0.4 is 10.6 Å². The van der Waals surface area contributed by atoms with Crippen molar-refractivity contribution in [2.45, 2.75) is 6.42 Å². The molecule has 2 rings (SSSR count). The van der Waals surface area contributed by atoms with Gasteiger partial charge in [0, 0.05) is 39.4 Å². The van der Waals surface area contributed by atoms with E-state index in [1.807, 2.05) is 7.05 Å². The van der Waals surface area contributed by atoms with Crippen molar-refractivity contribution in [2.24, 2.45) is 4.99 Å². The number of aromatic nitrogens is 2. The second-order valence-electron chi connectivity index (χ2n) is 4.13. The van der Waals surface area contributed by atoms with Crippen molar-refractivity contribution in [1.29, 1.82) is 0 Å². The molecule has 7 heteroatoms. The lowest BCUT2D eigenvalue weighted by atomic mass is 10.3. The summed E-state index contributed by atoms with van der Waals surface area (Å²) in [6, 6.07) is 1.64. The van der Waals surface area contributed by atoms with E-state index in [4.69, 9.17) is 0 Å². The van der Waals surface area contributed by atoms with E-state index < -0.39 is 0 Å². The third-order valence-corrected chi connectivity index (χ3v) is 2.71. The van der Waals surface area contributed by atoms with Crippen LogP contribution in [0, 0.1) is 0 Å². The van der Waals surface area contributed by atoms with Crippen LogP contribution in [0.3, 0.4) is 0 Å². The Balaban J connectivity index is 1.67. The molecule has 0 saturated carbocycles. The minimum atomic E-state index is -0.145. The molecule has 0 aromatic carbocycles. The van der Waals surface area contributed by atoms with Crippen molar-refractivity contribution in [3.05, 3.63) is 18.0 Å². The molecule has 98 valence electrons. The topological polar surface area (TPSA) is 85.4 Å². The highest BCUT2D eigenvalue weighted by atomic mass is 16.1. The van der Waals surface area contributed by atoms with Gasteiger partial charge in [0.1, 0.15) is 5.69 Å². The number of aromatic amines is 1. The van der Waals surface area contributed by atoms with Crippen molar-refractivity contribution in [3.63, 3.8) is 0 Å². The Morgan fingerprint density at radius 1 is 1.56 bits per heavy atom. The van der Waals surface area contributed by atoms with Crippen LogP contribution in [0.2, 0.25) is 0 Å². The average molecular weight is 250 g/mol. The number of hydrogen-bond donors (Lipinski definition) is 3. The summed E-state index contributed by atoms with van der Waals surface area (Å²) in [7, 11) is 2.01. The summed E-state index contributed by atoms with van der Waals surface area (Å²) in [5.41, 5.74) is 0.474. The number of nitrogens with one attached hydrogen (secondary N) is 3. The molecule has 7 nitrogen and oxygen atoms in total. The van der Waals surface area contributed by atoms with Gasteiger partial charge in [-0.3, -0.25) is 14.9 Å². The maximum atomic E-state index is 11.6. The SMILES string of the molecule is CN1CCCN=C1NCCNC(=O)c1ccn[nH]1. The van der Waals surface area contributed by atoms with E-state index in [9.17, 15) is 4.79 Å². The van der Waals surface area contributed by atoms with Crippen molar-refractivity contribution in [1.82, 2.24) is 25.7 Å². The Labute approximate surface area is 106 Å². The number of hydrogen-bond acceptors (Lipinski definition) is 5. The Morgan fingerprint density at radius 3 is 3.17 bits per heavy atom. The smallest absolute Gasteiger partial charge is 0.269 e. The number of nitrogens with zero attached hydrogens (tertiary/aromatic N) is 3. The second kappa shape index (κ2) is 6.04. The van der Waals surface area contributed by atoms with Crippen LogP contribution in [0.15, 0.2) is 17.3 Å². The van der Waals surface area contributed by atoms with E-state index in [1.165, 1.54) is 0 Å². The number of aliphatic imine (C=N–C) groups is 1. The number of amides is 1. The van der Waals surface area contributed by atoms with Crippen molar-refractivity contribution in [2.75, 3.05) is 33.2 Å². The monoisotopic (exact) mass is 250 g/mol. The molecule has 0 fully saturated rings. The van der Waals surface area contributed by atoms with Crippen LogP contribution in [-0.4, -0.2) is 60.2 Å². The molecule has 0 radical (unpaired) electrons. The number of carbonyl (C=O) groups excluding carboxylic acids is 1. The van der Waals surface area contributed by atoms with Gasteiger partial charge in [0.25, 0.3) is 5.91 Å². The molecule has 0 bridgehead atoms. The summed E-state index contributed by atoms with van der Waals surface area (Å²) in [5.74, 6) is 0.755. The zero-order chi connectivity index (χ0) is 12.8. The first-order valence-corrected chi connectivity index (χ1v) is 6.04. The van der Waals surface area contributed by atoms with E-state index in [2.05, 4.69) is 30.7 Å². The highest BCUT2D eigenvalue weighted by molar-refractivity contribution is 5.92. The highest BCUT2D eigenvalue weighted by Gasteiger charge is 2.10. The summed E-state index contributed by atoms with van der Waals surface area (Å²) in [6.07, 6.45) is 2.65. The molecule has 1 aliphatic heterocycles. The van der Waals surface area contributed by atoms with Crippen LogP contribution in [0.1, 0.15) is 16.9 Å². The minimum absolute atomic E-state index is 0.145. The Morgan fingerprint density at radius 2 is 2.44 bits per heavy atom. The Hall–Kier alpha value is -2.05. The van der Waals surface area contributed by atoms with Crippen LogP contribution in [0.4, 0.5) is 0 Å². The van der Waals surface area contributed by atoms with E-state index in [0.29, 0.717) is 18.8 Å². The fourth-order valence-electron chi connectivity index (χ4n) is 1.74. The predicted molar refractivity (Wildman–Crippen MR) is 68.5 cm³/mol. The van der Waals surface area contributed by atoms with Crippen LogP contribution in [0.25, 0.3) is 0 Å². The number of rotatable bonds is 4. The summed E-state index contributed by atoms with van der Waals surface area (Å²) in [4.78, 5) is 18.0. The van der Waals surface area contributed by atoms with Gasteiger partial charge >= 0.3 is 0 Å². The summed E-state index contributed by atoms with van der Waals surface area (Å²) < 4.78 is 0. The summed E-state index contributed by atoms with van der Waals surface area (Å²) in [5, 5.41) is 12.3. The minimum Gasteiger partial charge on any atom is -0.354 e. The average Bonchev–Trinajstić information content (AvgIpc) is 2.90. The van der Waals surface area contributed by atoms with Gasteiger partial charge in [-0.1, -0.05) is 0 Å². The van der Waals surface area contributed by atoms with Crippen molar-refractivity contribution in [3.8, 4) is 0 Å². The van der Waals surface area contributed by atoms with Crippen molar-refractivity contribution < 1.29 is 4.79 Å². The Bertz CT molecular complexity index is 413. The van der Waals surface area contributed by atoms with E-state index in [-0.39, 0.29) is 5.91 Å². The normalized spacial score (nSPS) is 15.2. The fourth-order valence-corrected chi connectivity index (χ4v) is 1.74. The zero-order valence-corrected chi connectivity index (χ0v) is 10.4. The molecule has 1 aliphatic rings. The van der Waals surface area contributed by atoms with Crippen molar-refractivity contribution >= 4 is 11.9 Å². The van der Waals surface area contributed by atoms with Crippen LogP contribution in [0.5, 0.6) is 0 Å². The molecule has 0 unspecified atom stereocenters. The lowest BCUT2D eigenvalue weighted by molar-refractivity contribution is 0.0949. The van der Waals surface area contributed by atoms with E-state index in [1.54, 1.807) is 12.3 Å². The largest absolute Gasteiger partial charge is 0.354 e. The lowest BCUT2D eigenvalue weighted by Gasteiger charge is -2.25. The standard InChI is InChI=1S/C11H18N6O/c1-17-8-2-4-13-11(17)14-7-6-12-10(18)9-3-5-15-16-9/h3,5H,2,4,6-8H2,1H3,(H,12,18)(H,13,14)(H,15,16). The number of H-pyrrole nitrogens is 1. The van der Waals surface area contributed by atoms with Gasteiger partial charge in [-0.05, 0) is 12.5 Å². The molecule has 3 N–H and O–H groups in total. The molecule has 2 heterocycles. The van der Waals surface area contributed by atoms with E-state index >= 15 is 0 Å². The lowest BCUT2D eigenvalue weighted by Crippen LogP contribution is -2.44. The molecular weight excluding hydrogens is 232 g/mol. The first kappa shape index (κ1) is 12.4. The molecule has 0 spiro atoms. The Kier molecular flexibility index (Phi) is 4.16. The van der Waals surface area contributed by atoms with Crippen LogP contribution in [-0.2, 0) is 0 Å². The highest BCUT2D eigenvalue weighted by Crippen LogP contribution is 1.97. The maximum absolute atomic E-state index is 11.6. The molecule has 1 aromatic rings. The van der Waals surface area contributed by atoms with Gasteiger partial charge < -0.3 is 15.5 Å². The van der Waals surface area contributed by atoms with Gasteiger partial charge in [0.05, 0.1) is 0 Å². The number of carbonyl (C=O) groups is 1. The van der Waals surface area contributed by atoms with Gasteiger partial charge in [-0.15, -0.1) is 0 Å². The second-order valence-corrected chi connectivity index (χ2v) is 4.13. The molecule has 0 saturated heterocycles. The molecule has 0 atom stereocenters. The summed E-state index contributed by atoms with van der Waals surface area (Å²) >= 11 is 0. The molecular formula is C11H18N6O. The molecule has 0 aliphatic carbocycles. The zero-order valence-electron chi connectivity index (χ0n) is 10.4. The van der Waals surface area contributed by atoms with E-state index in [0.717, 1.165) is 25.5 Å². The van der Waals surface area contributed by atoms with Gasteiger partial charge in [-0.2, -0.15) is 5.10 Å². The van der Waals surface area contributed by atoms with Gasteiger partial charge in [0.2, 0.25) is 0 Å².